The van der Waals surface area contributed by atoms with Crippen LogP contribution in [0, 0.1) is 12.8 Å². The number of nitrogens with one attached hydrogen (secondary N) is 2. The summed E-state index contributed by atoms with van der Waals surface area (Å²) < 4.78 is 0. The van der Waals surface area contributed by atoms with Crippen molar-refractivity contribution in [2.45, 2.75) is 78.3 Å². The van der Waals surface area contributed by atoms with E-state index in [1.807, 2.05) is 13.0 Å². The normalized spacial score (nSPS) is 19.3. The molecule has 2 fully saturated rings. The fourth-order valence-electron chi connectivity index (χ4n) is 5.00. The number of hydrogen-bond acceptors (Lipinski definition) is 4. The lowest BCUT2D eigenvalue weighted by Crippen LogP contribution is -2.54. The lowest BCUT2D eigenvalue weighted by molar-refractivity contribution is -0.140. The number of nitrogens with zero attached hydrogens (tertiary/aromatic N) is 2. The van der Waals surface area contributed by atoms with Gasteiger partial charge in [0, 0.05) is 68.2 Å². The second-order valence-corrected chi connectivity index (χ2v) is 10.1. The predicted octanol–water partition coefficient (Wildman–Crippen LogP) is 4.12. The third kappa shape index (κ3) is 7.19. The molecule has 0 aromatic heterocycles. The predicted molar refractivity (Wildman–Crippen MR) is 136 cm³/mol. The molecule has 1 aromatic rings. The Balaban J connectivity index is 1.54. The number of rotatable bonds is 9. The fraction of sp³-hybridized carbons (Fsp3) is 0.654. The van der Waals surface area contributed by atoms with Crippen molar-refractivity contribution >= 4 is 35.0 Å². The van der Waals surface area contributed by atoms with Crippen LogP contribution in [-0.2, 0) is 20.9 Å². The Morgan fingerprint density at radius 3 is 2.53 bits per heavy atom. The molecule has 3 rings (SSSR count). The monoisotopic (exact) mass is 490 g/mol. The van der Waals surface area contributed by atoms with Crippen LogP contribution in [0.15, 0.2) is 12.1 Å². The smallest absolute Gasteiger partial charge is 0.226 e. The maximum Gasteiger partial charge on any atom is 0.226 e. The molecule has 188 valence electrons. The average molecular weight is 491 g/mol. The largest absolute Gasteiger partial charge is 0.356 e. The minimum absolute atomic E-state index is 0.00575. The summed E-state index contributed by atoms with van der Waals surface area (Å²) in [6.45, 7) is 9.59. The molecule has 2 N–H and O–H groups in total. The number of piperazine rings is 1. The van der Waals surface area contributed by atoms with Gasteiger partial charge in [-0.3, -0.25) is 19.3 Å². The van der Waals surface area contributed by atoms with Gasteiger partial charge in [-0.05, 0) is 56.4 Å². The van der Waals surface area contributed by atoms with Crippen molar-refractivity contribution in [2.75, 3.05) is 31.5 Å². The van der Waals surface area contributed by atoms with E-state index in [0.29, 0.717) is 36.7 Å². The Morgan fingerprint density at radius 1 is 1.12 bits per heavy atom. The Labute approximate surface area is 208 Å². The van der Waals surface area contributed by atoms with Gasteiger partial charge in [0.1, 0.15) is 0 Å². The van der Waals surface area contributed by atoms with Crippen molar-refractivity contribution in [3.05, 3.63) is 28.3 Å². The number of halogens is 1. The number of anilines is 1. The van der Waals surface area contributed by atoms with Gasteiger partial charge in [-0.1, -0.05) is 31.4 Å². The summed E-state index contributed by atoms with van der Waals surface area (Å²) in [6, 6.07) is 3.94. The van der Waals surface area contributed by atoms with Crippen molar-refractivity contribution in [3.63, 3.8) is 0 Å². The first-order valence-corrected chi connectivity index (χ1v) is 13.0. The first kappa shape index (κ1) is 26.5. The molecule has 8 heteroatoms. The number of benzene rings is 1. The van der Waals surface area contributed by atoms with Crippen LogP contribution in [0.4, 0.5) is 5.69 Å². The highest BCUT2D eigenvalue weighted by Gasteiger charge is 2.33. The zero-order valence-corrected chi connectivity index (χ0v) is 21.5. The molecular weight excluding hydrogens is 452 g/mol. The fourth-order valence-corrected chi connectivity index (χ4v) is 5.24. The zero-order valence-electron chi connectivity index (χ0n) is 20.8. The van der Waals surface area contributed by atoms with Gasteiger partial charge in [-0.25, -0.2) is 0 Å². The van der Waals surface area contributed by atoms with Crippen LogP contribution in [0.25, 0.3) is 0 Å². The van der Waals surface area contributed by atoms with E-state index in [9.17, 15) is 14.4 Å². The van der Waals surface area contributed by atoms with Gasteiger partial charge in [0.15, 0.2) is 0 Å². The van der Waals surface area contributed by atoms with Crippen LogP contribution in [0.3, 0.4) is 0 Å². The van der Waals surface area contributed by atoms with E-state index in [1.165, 1.54) is 12.8 Å². The number of amides is 3. The first-order valence-electron chi connectivity index (χ1n) is 12.7. The summed E-state index contributed by atoms with van der Waals surface area (Å²) >= 11 is 6.40. The second kappa shape index (κ2) is 12.5. The highest BCUT2D eigenvalue weighted by atomic mass is 35.5. The molecule has 1 atom stereocenters. The molecule has 0 bridgehead atoms. The second-order valence-electron chi connectivity index (χ2n) is 9.69. The topological polar surface area (TPSA) is 81.8 Å². The van der Waals surface area contributed by atoms with Crippen molar-refractivity contribution in [3.8, 4) is 0 Å². The summed E-state index contributed by atoms with van der Waals surface area (Å²) in [5.74, 6) is 0.463. The van der Waals surface area contributed by atoms with Gasteiger partial charge in [0.2, 0.25) is 17.7 Å². The summed E-state index contributed by atoms with van der Waals surface area (Å²) in [7, 11) is 0. The maximum absolute atomic E-state index is 12.9. The molecule has 0 radical (unpaired) electrons. The molecule has 0 unspecified atom stereocenters. The lowest BCUT2D eigenvalue weighted by atomic mass is 10.0. The van der Waals surface area contributed by atoms with Crippen LogP contribution >= 0.6 is 11.6 Å². The Morgan fingerprint density at radius 2 is 1.85 bits per heavy atom. The summed E-state index contributed by atoms with van der Waals surface area (Å²) in [5.41, 5.74) is 2.82. The van der Waals surface area contributed by atoms with Gasteiger partial charge >= 0.3 is 0 Å². The highest BCUT2D eigenvalue weighted by molar-refractivity contribution is 6.31. The molecule has 1 saturated heterocycles. The molecule has 7 nitrogen and oxygen atoms in total. The Bertz CT molecular complexity index is 885. The van der Waals surface area contributed by atoms with Gasteiger partial charge in [-0.15, -0.1) is 0 Å². The number of hydrogen-bond donors (Lipinski definition) is 2. The van der Waals surface area contributed by atoms with Crippen molar-refractivity contribution < 1.29 is 14.4 Å². The van der Waals surface area contributed by atoms with Crippen LogP contribution in [0.5, 0.6) is 0 Å². The molecule has 0 spiro atoms. The highest BCUT2D eigenvalue weighted by Crippen LogP contribution is 2.29. The molecule has 3 amide bonds. The third-order valence-electron chi connectivity index (χ3n) is 7.07. The summed E-state index contributed by atoms with van der Waals surface area (Å²) in [5, 5.41) is 6.36. The van der Waals surface area contributed by atoms with Crippen LogP contribution in [0.1, 0.15) is 69.9 Å². The zero-order chi connectivity index (χ0) is 24.7. The third-order valence-corrected chi connectivity index (χ3v) is 7.29. The van der Waals surface area contributed by atoms with E-state index in [2.05, 4.69) is 27.4 Å². The maximum atomic E-state index is 12.9. The van der Waals surface area contributed by atoms with Crippen LogP contribution < -0.4 is 10.6 Å². The van der Waals surface area contributed by atoms with Crippen LogP contribution in [-0.4, -0.2) is 59.7 Å². The van der Waals surface area contributed by atoms with Crippen molar-refractivity contribution in [1.29, 1.82) is 0 Å². The standard InChI is InChI=1S/C26H39ClN4O3/c1-4-24(32)28-11-7-10-25(33)29-23-15-22(27)14-21(19(23)3)17-30-12-13-31(18(2)16-30)26(34)20-8-5-6-9-20/h14-15,18,20H,4-13,16-17H2,1-3H3,(H,28,32)(H,29,33)/t18-/m0/s1. The van der Waals surface area contributed by atoms with Gasteiger partial charge in [-0.2, -0.15) is 0 Å². The van der Waals surface area contributed by atoms with Gasteiger partial charge in [0.25, 0.3) is 0 Å². The lowest BCUT2D eigenvalue weighted by Gasteiger charge is -2.41. The summed E-state index contributed by atoms with van der Waals surface area (Å²) in [4.78, 5) is 41.1. The molecule has 34 heavy (non-hydrogen) atoms. The molecule has 1 aromatic carbocycles. The average Bonchev–Trinajstić information content (AvgIpc) is 3.34. The van der Waals surface area contributed by atoms with Crippen molar-refractivity contribution in [1.82, 2.24) is 15.1 Å². The van der Waals surface area contributed by atoms with Gasteiger partial charge < -0.3 is 15.5 Å². The van der Waals surface area contributed by atoms with E-state index < -0.39 is 0 Å². The number of carbonyl (C=O) groups is 3. The first-order chi connectivity index (χ1) is 16.3. The Kier molecular flexibility index (Phi) is 9.77. The number of carbonyl (C=O) groups excluding carboxylic acids is 3. The molecule has 1 saturated carbocycles. The quantitative estimate of drug-likeness (QED) is 0.510. The Hall–Kier alpha value is -2.12. The van der Waals surface area contributed by atoms with E-state index in [1.54, 1.807) is 13.0 Å². The van der Waals surface area contributed by atoms with Crippen LogP contribution in [0.2, 0.25) is 5.02 Å². The van der Waals surface area contributed by atoms with E-state index in [-0.39, 0.29) is 23.8 Å². The molecule has 1 heterocycles. The molecule has 1 aliphatic carbocycles. The van der Waals surface area contributed by atoms with Gasteiger partial charge in [0.05, 0.1) is 0 Å². The molecule has 2 aliphatic rings. The molecular formula is C26H39ClN4O3. The summed E-state index contributed by atoms with van der Waals surface area (Å²) in [6.07, 6.45) is 5.79. The van der Waals surface area contributed by atoms with Crippen molar-refractivity contribution in [2.24, 2.45) is 5.92 Å². The molecule has 1 aliphatic heterocycles. The van der Waals surface area contributed by atoms with E-state index in [0.717, 1.165) is 55.8 Å². The minimum Gasteiger partial charge on any atom is -0.356 e. The minimum atomic E-state index is -0.0882. The van der Waals surface area contributed by atoms with E-state index >= 15 is 0 Å². The SMILES string of the molecule is CCC(=O)NCCCC(=O)Nc1cc(Cl)cc(CN2CCN(C(=O)C3CCCC3)[C@@H](C)C2)c1C. The van der Waals surface area contributed by atoms with E-state index in [4.69, 9.17) is 11.6 Å².